The molecule has 1 atom stereocenters. The van der Waals surface area contributed by atoms with Gasteiger partial charge >= 0.3 is 0 Å². The summed E-state index contributed by atoms with van der Waals surface area (Å²) in [6.45, 7) is 8.22. The third-order valence-corrected chi connectivity index (χ3v) is 3.72. The van der Waals surface area contributed by atoms with Crippen LogP contribution in [0.1, 0.15) is 13.3 Å². The molecule has 2 heterocycles. The third-order valence-electron chi connectivity index (χ3n) is 3.72. The fourth-order valence-electron chi connectivity index (χ4n) is 2.38. The molecule has 0 aromatic carbocycles. The first-order chi connectivity index (χ1) is 7.16. The number of likely N-dealkylation sites (N-methyl/N-ethyl adjacent to an activating group) is 1. The van der Waals surface area contributed by atoms with Gasteiger partial charge in [-0.3, -0.25) is 4.90 Å². The summed E-state index contributed by atoms with van der Waals surface area (Å²) in [5, 5.41) is 3.31. The first-order valence-corrected chi connectivity index (χ1v) is 5.94. The Bertz CT molecular complexity index is 252. The molecule has 0 bridgehead atoms. The van der Waals surface area contributed by atoms with Gasteiger partial charge in [0.1, 0.15) is 0 Å². The Labute approximate surface area is 93.1 Å². The molecule has 2 aliphatic rings. The molecule has 0 spiro atoms. The Hall–Kier alpha value is -0.380. The molecule has 0 saturated carbocycles. The van der Waals surface area contributed by atoms with Crippen LogP contribution in [0.2, 0.25) is 0 Å². The van der Waals surface area contributed by atoms with Gasteiger partial charge in [0.05, 0.1) is 0 Å². The van der Waals surface area contributed by atoms with E-state index in [1.807, 2.05) is 0 Å². The molecule has 1 N–H and O–H groups in total. The van der Waals surface area contributed by atoms with Crippen molar-refractivity contribution in [2.75, 3.05) is 46.8 Å². The molecule has 0 aromatic rings. The first-order valence-electron chi connectivity index (χ1n) is 5.94. The minimum Gasteiger partial charge on any atom is -0.309 e. The Morgan fingerprint density at radius 3 is 2.67 bits per heavy atom. The van der Waals surface area contributed by atoms with E-state index in [1.165, 1.54) is 26.1 Å². The van der Waals surface area contributed by atoms with Crippen molar-refractivity contribution in [2.24, 2.45) is 0 Å². The molecule has 0 radical (unpaired) electrons. The largest absolute Gasteiger partial charge is 0.309 e. The summed E-state index contributed by atoms with van der Waals surface area (Å²) in [6, 6.07) is 0.766. The van der Waals surface area contributed by atoms with E-state index < -0.39 is 0 Å². The van der Waals surface area contributed by atoms with E-state index in [1.54, 1.807) is 11.1 Å². The molecule has 0 aliphatic carbocycles. The summed E-state index contributed by atoms with van der Waals surface area (Å²) in [4.78, 5) is 4.94. The zero-order valence-electron chi connectivity index (χ0n) is 10.2. The van der Waals surface area contributed by atoms with Crippen LogP contribution in [0, 0.1) is 0 Å². The molecule has 3 nitrogen and oxygen atoms in total. The normalized spacial score (nSPS) is 27.2. The van der Waals surface area contributed by atoms with E-state index in [0.29, 0.717) is 0 Å². The Morgan fingerprint density at radius 1 is 1.47 bits per heavy atom. The predicted octanol–water partition coefficient (Wildman–Crippen LogP) is 0.542. The van der Waals surface area contributed by atoms with Gasteiger partial charge in [-0.25, -0.2) is 0 Å². The van der Waals surface area contributed by atoms with Gasteiger partial charge in [-0.2, -0.15) is 0 Å². The van der Waals surface area contributed by atoms with E-state index in [9.17, 15) is 0 Å². The standard InChI is InChI=1S/C12H23N3/c1-10(11-6-13-7-11)8-15-5-4-12(9-15)14(2)3/h12-13H,4-9H2,1-3H3. The smallest absolute Gasteiger partial charge is 0.0229 e. The minimum atomic E-state index is 0.766. The summed E-state index contributed by atoms with van der Waals surface area (Å²) in [5.41, 5.74) is 3.22. The molecule has 15 heavy (non-hydrogen) atoms. The molecule has 2 aliphatic heterocycles. The van der Waals surface area contributed by atoms with Crippen molar-refractivity contribution in [1.29, 1.82) is 0 Å². The Morgan fingerprint density at radius 2 is 2.20 bits per heavy atom. The lowest BCUT2D eigenvalue weighted by molar-refractivity contribution is 0.277. The average molecular weight is 209 g/mol. The minimum absolute atomic E-state index is 0.766. The summed E-state index contributed by atoms with van der Waals surface area (Å²) in [7, 11) is 4.38. The van der Waals surface area contributed by atoms with Crippen molar-refractivity contribution in [3.8, 4) is 0 Å². The first kappa shape index (κ1) is 11.1. The number of hydrogen-bond donors (Lipinski definition) is 1. The van der Waals surface area contributed by atoms with Gasteiger partial charge in [0.25, 0.3) is 0 Å². The highest BCUT2D eigenvalue weighted by molar-refractivity contribution is 5.22. The van der Waals surface area contributed by atoms with E-state index in [0.717, 1.165) is 19.1 Å². The Kier molecular flexibility index (Phi) is 3.44. The molecule has 2 fully saturated rings. The molecule has 3 heteroatoms. The van der Waals surface area contributed by atoms with Crippen LogP contribution in [0.3, 0.4) is 0 Å². The molecule has 0 amide bonds. The van der Waals surface area contributed by atoms with Crippen LogP contribution < -0.4 is 5.32 Å². The van der Waals surface area contributed by atoms with Crippen molar-refractivity contribution in [3.05, 3.63) is 11.1 Å². The van der Waals surface area contributed by atoms with Gasteiger partial charge in [0, 0.05) is 38.8 Å². The van der Waals surface area contributed by atoms with Crippen LogP contribution in [0.25, 0.3) is 0 Å². The second-order valence-electron chi connectivity index (χ2n) is 5.13. The van der Waals surface area contributed by atoms with Gasteiger partial charge in [0.15, 0.2) is 0 Å². The van der Waals surface area contributed by atoms with Gasteiger partial charge < -0.3 is 10.2 Å². The van der Waals surface area contributed by atoms with Crippen LogP contribution in [-0.4, -0.2) is 62.7 Å². The number of nitrogens with one attached hydrogen (secondary N) is 1. The number of rotatable bonds is 3. The topological polar surface area (TPSA) is 18.5 Å². The zero-order valence-corrected chi connectivity index (χ0v) is 10.2. The second-order valence-corrected chi connectivity index (χ2v) is 5.13. The van der Waals surface area contributed by atoms with Gasteiger partial charge in [-0.05, 0) is 33.0 Å². The number of likely N-dealkylation sites (tertiary alicyclic amines) is 1. The maximum absolute atomic E-state index is 3.31. The SMILES string of the molecule is CC(CN1CCC(N(C)C)C1)=C1CNC1. The highest BCUT2D eigenvalue weighted by Crippen LogP contribution is 2.17. The van der Waals surface area contributed by atoms with Gasteiger partial charge in [-0.15, -0.1) is 0 Å². The van der Waals surface area contributed by atoms with Crippen LogP contribution >= 0.6 is 0 Å². The lowest BCUT2D eigenvalue weighted by Gasteiger charge is -2.25. The third kappa shape index (κ3) is 2.60. The summed E-state index contributed by atoms with van der Waals surface area (Å²) in [5.74, 6) is 0. The van der Waals surface area contributed by atoms with Crippen molar-refractivity contribution in [2.45, 2.75) is 19.4 Å². The molecular formula is C12H23N3. The van der Waals surface area contributed by atoms with E-state index >= 15 is 0 Å². The van der Waals surface area contributed by atoms with Gasteiger partial charge in [-0.1, -0.05) is 5.57 Å². The number of hydrogen-bond acceptors (Lipinski definition) is 3. The fraction of sp³-hybridized carbons (Fsp3) is 0.833. The predicted molar refractivity (Wildman–Crippen MR) is 64.1 cm³/mol. The molecule has 2 saturated heterocycles. The van der Waals surface area contributed by atoms with Crippen molar-refractivity contribution in [3.63, 3.8) is 0 Å². The summed E-state index contributed by atoms with van der Waals surface area (Å²) >= 11 is 0. The lowest BCUT2D eigenvalue weighted by Crippen LogP contribution is -2.37. The summed E-state index contributed by atoms with van der Waals surface area (Å²) < 4.78 is 0. The molecule has 1 unspecified atom stereocenters. The molecule has 86 valence electrons. The van der Waals surface area contributed by atoms with Crippen LogP contribution in [0.5, 0.6) is 0 Å². The highest BCUT2D eigenvalue weighted by atomic mass is 15.2. The van der Waals surface area contributed by atoms with Gasteiger partial charge in [0.2, 0.25) is 0 Å². The summed E-state index contributed by atoms with van der Waals surface area (Å²) in [6.07, 6.45) is 1.33. The maximum Gasteiger partial charge on any atom is 0.0229 e. The van der Waals surface area contributed by atoms with Crippen molar-refractivity contribution < 1.29 is 0 Å². The number of nitrogens with zero attached hydrogens (tertiary/aromatic N) is 2. The average Bonchev–Trinajstić information content (AvgIpc) is 2.48. The fourth-order valence-corrected chi connectivity index (χ4v) is 2.38. The van der Waals surface area contributed by atoms with E-state index in [2.05, 4.69) is 36.1 Å². The van der Waals surface area contributed by atoms with Crippen LogP contribution in [0.15, 0.2) is 11.1 Å². The van der Waals surface area contributed by atoms with Crippen molar-refractivity contribution in [1.82, 2.24) is 15.1 Å². The Balaban J connectivity index is 1.82. The maximum atomic E-state index is 3.31. The van der Waals surface area contributed by atoms with Crippen molar-refractivity contribution >= 4 is 0 Å². The highest BCUT2D eigenvalue weighted by Gasteiger charge is 2.24. The van der Waals surface area contributed by atoms with Crippen LogP contribution in [0.4, 0.5) is 0 Å². The molecule has 2 rings (SSSR count). The zero-order chi connectivity index (χ0) is 10.8. The van der Waals surface area contributed by atoms with E-state index in [-0.39, 0.29) is 0 Å². The monoisotopic (exact) mass is 209 g/mol. The second kappa shape index (κ2) is 4.64. The van der Waals surface area contributed by atoms with E-state index in [4.69, 9.17) is 0 Å². The molecule has 0 aromatic heterocycles. The molecular weight excluding hydrogens is 186 g/mol. The quantitative estimate of drug-likeness (QED) is 0.685. The van der Waals surface area contributed by atoms with Crippen LogP contribution in [-0.2, 0) is 0 Å². The lowest BCUT2D eigenvalue weighted by atomic mass is 10.0.